The Balaban J connectivity index is 1.84. The van der Waals surface area contributed by atoms with Crippen LogP contribution < -0.4 is 4.74 Å². The second-order valence-corrected chi connectivity index (χ2v) is 8.91. The molecule has 0 heterocycles. The summed E-state index contributed by atoms with van der Waals surface area (Å²) in [5, 5.41) is 0. The Morgan fingerprint density at radius 2 is 1.72 bits per heavy atom. The normalized spacial score (nSPS) is 11.4. The van der Waals surface area contributed by atoms with Crippen molar-refractivity contribution in [3.63, 3.8) is 0 Å². The van der Waals surface area contributed by atoms with Gasteiger partial charge in [0.1, 0.15) is 17.3 Å². The van der Waals surface area contributed by atoms with Gasteiger partial charge in [-0.25, -0.2) is 22.0 Å². The van der Waals surface area contributed by atoms with Crippen LogP contribution in [-0.4, -0.2) is 32.8 Å². The van der Waals surface area contributed by atoms with Crippen LogP contribution in [0.3, 0.4) is 0 Å². The number of ether oxygens (including phenoxy) is 2. The molecule has 0 amide bonds. The molecule has 3 aromatic carbocycles. The summed E-state index contributed by atoms with van der Waals surface area (Å²) in [6.45, 7) is -0.399. The Kier molecular flexibility index (Phi) is 7.22. The second kappa shape index (κ2) is 9.88. The Labute approximate surface area is 185 Å². The van der Waals surface area contributed by atoms with Crippen LogP contribution in [-0.2, 0) is 27.9 Å². The van der Waals surface area contributed by atoms with Gasteiger partial charge in [-0.3, -0.25) is 0 Å². The van der Waals surface area contributed by atoms with Crippen molar-refractivity contribution in [2.24, 2.45) is 0 Å². The van der Waals surface area contributed by atoms with E-state index in [4.69, 9.17) is 9.47 Å². The fourth-order valence-corrected chi connectivity index (χ4v) is 4.32. The summed E-state index contributed by atoms with van der Waals surface area (Å²) in [4.78, 5) is 12.2. The van der Waals surface area contributed by atoms with Gasteiger partial charge in [0.2, 0.25) is 10.0 Å². The van der Waals surface area contributed by atoms with E-state index in [1.807, 2.05) is 6.07 Å². The van der Waals surface area contributed by atoms with E-state index in [1.165, 1.54) is 38.4 Å². The van der Waals surface area contributed by atoms with Gasteiger partial charge in [-0.05, 0) is 29.8 Å². The SMILES string of the molecule is COc1ccc(C(=O)OCc2cccc(F)c2F)cc1S(=O)(=O)N(C)Cc1ccccc1. The van der Waals surface area contributed by atoms with Gasteiger partial charge in [0.05, 0.1) is 12.7 Å². The summed E-state index contributed by atoms with van der Waals surface area (Å²) in [5.41, 5.74) is 0.571. The lowest BCUT2D eigenvalue weighted by Gasteiger charge is -2.19. The third-order valence-corrected chi connectivity index (χ3v) is 6.55. The molecule has 0 aliphatic heterocycles. The number of sulfonamides is 1. The lowest BCUT2D eigenvalue weighted by molar-refractivity contribution is 0.0467. The molecule has 9 heteroatoms. The standard InChI is InChI=1S/C23H21F2NO5S/c1-26(14-16-7-4-3-5-8-16)32(28,29)21-13-17(11-12-20(21)30-2)23(27)31-15-18-9-6-10-19(24)22(18)25/h3-13H,14-15H2,1-2H3. The van der Waals surface area contributed by atoms with Crippen LogP contribution in [0.15, 0.2) is 71.6 Å². The number of methoxy groups -OCH3 is 1. The lowest BCUT2D eigenvalue weighted by Crippen LogP contribution is -2.27. The molecule has 32 heavy (non-hydrogen) atoms. The summed E-state index contributed by atoms with van der Waals surface area (Å²) in [6, 6.07) is 16.4. The van der Waals surface area contributed by atoms with Crippen LogP contribution in [0.4, 0.5) is 8.78 Å². The van der Waals surface area contributed by atoms with Gasteiger partial charge in [0, 0.05) is 19.2 Å². The molecular formula is C23H21F2NO5S. The largest absolute Gasteiger partial charge is 0.495 e. The molecular weight excluding hydrogens is 440 g/mol. The molecule has 0 saturated carbocycles. The van der Waals surface area contributed by atoms with E-state index in [0.29, 0.717) is 0 Å². The average Bonchev–Trinajstić information content (AvgIpc) is 2.80. The number of esters is 1. The second-order valence-electron chi connectivity index (χ2n) is 6.90. The van der Waals surface area contributed by atoms with Crippen LogP contribution >= 0.6 is 0 Å². The fourth-order valence-electron chi connectivity index (χ4n) is 2.99. The minimum atomic E-state index is -4.02. The van der Waals surface area contributed by atoms with E-state index in [2.05, 4.69) is 0 Å². The highest BCUT2D eigenvalue weighted by atomic mass is 32.2. The molecule has 0 fully saturated rings. The molecule has 0 aliphatic rings. The maximum absolute atomic E-state index is 13.8. The van der Waals surface area contributed by atoms with Crippen molar-refractivity contribution >= 4 is 16.0 Å². The van der Waals surface area contributed by atoms with Gasteiger partial charge in [0.25, 0.3) is 0 Å². The number of carbonyl (C=O) groups is 1. The number of benzene rings is 3. The summed E-state index contributed by atoms with van der Waals surface area (Å²) in [6.07, 6.45) is 0. The van der Waals surface area contributed by atoms with Crippen molar-refractivity contribution in [3.05, 3.63) is 95.1 Å². The third-order valence-electron chi connectivity index (χ3n) is 4.73. The Bertz CT molecular complexity index is 1220. The summed E-state index contributed by atoms with van der Waals surface area (Å²) in [7, 11) is -1.29. The quantitative estimate of drug-likeness (QED) is 0.471. The molecule has 0 N–H and O–H groups in total. The van der Waals surface area contributed by atoms with Crippen LogP contribution in [0.2, 0.25) is 0 Å². The smallest absolute Gasteiger partial charge is 0.338 e. The number of hydrogen-bond acceptors (Lipinski definition) is 5. The number of nitrogens with zero attached hydrogens (tertiary/aromatic N) is 1. The highest BCUT2D eigenvalue weighted by Gasteiger charge is 2.27. The molecule has 0 atom stereocenters. The Hall–Kier alpha value is -3.30. The predicted molar refractivity (Wildman–Crippen MR) is 114 cm³/mol. The zero-order chi connectivity index (χ0) is 23.3. The van der Waals surface area contributed by atoms with Gasteiger partial charge < -0.3 is 9.47 Å². The molecule has 168 valence electrons. The maximum Gasteiger partial charge on any atom is 0.338 e. The van der Waals surface area contributed by atoms with Crippen molar-refractivity contribution in [1.82, 2.24) is 4.31 Å². The summed E-state index contributed by atoms with van der Waals surface area (Å²) >= 11 is 0. The summed E-state index contributed by atoms with van der Waals surface area (Å²) < 4.78 is 64.8. The van der Waals surface area contributed by atoms with E-state index >= 15 is 0 Å². The van der Waals surface area contributed by atoms with Gasteiger partial charge >= 0.3 is 5.97 Å². The van der Waals surface area contributed by atoms with Crippen molar-refractivity contribution in [2.45, 2.75) is 18.0 Å². The molecule has 0 saturated heterocycles. The van der Waals surface area contributed by atoms with Crippen molar-refractivity contribution in [3.8, 4) is 5.75 Å². The molecule has 0 unspecified atom stereocenters. The number of rotatable bonds is 8. The first-order valence-electron chi connectivity index (χ1n) is 9.52. The van der Waals surface area contributed by atoms with Crippen LogP contribution in [0.25, 0.3) is 0 Å². The molecule has 3 rings (SSSR count). The predicted octanol–water partition coefficient (Wildman–Crippen LogP) is 4.15. The van der Waals surface area contributed by atoms with Crippen LogP contribution in [0.1, 0.15) is 21.5 Å². The third kappa shape index (κ3) is 5.12. The molecule has 6 nitrogen and oxygen atoms in total. The van der Waals surface area contributed by atoms with E-state index in [0.717, 1.165) is 22.0 Å². The lowest BCUT2D eigenvalue weighted by atomic mass is 10.2. The van der Waals surface area contributed by atoms with E-state index in [1.54, 1.807) is 24.3 Å². The molecule has 0 aliphatic carbocycles. The van der Waals surface area contributed by atoms with Gasteiger partial charge in [-0.1, -0.05) is 42.5 Å². The van der Waals surface area contributed by atoms with Gasteiger partial charge in [0.15, 0.2) is 11.6 Å². The van der Waals surface area contributed by atoms with Crippen LogP contribution in [0.5, 0.6) is 5.75 Å². The van der Waals surface area contributed by atoms with E-state index in [9.17, 15) is 22.0 Å². The fraction of sp³-hybridized carbons (Fsp3) is 0.174. The first-order chi connectivity index (χ1) is 15.2. The Morgan fingerprint density at radius 1 is 1.00 bits per heavy atom. The topological polar surface area (TPSA) is 72.9 Å². The highest BCUT2D eigenvalue weighted by molar-refractivity contribution is 7.89. The number of carbonyl (C=O) groups excluding carboxylic acids is 1. The van der Waals surface area contributed by atoms with E-state index < -0.39 is 34.2 Å². The van der Waals surface area contributed by atoms with E-state index in [-0.39, 0.29) is 28.3 Å². The minimum absolute atomic E-state index is 0.0534. The maximum atomic E-state index is 13.8. The van der Waals surface area contributed by atoms with Crippen molar-refractivity contribution < 1.29 is 31.5 Å². The van der Waals surface area contributed by atoms with Gasteiger partial charge in [-0.2, -0.15) is 4.31 Å². The molecule has 3 aromatic rings. The first kappa shape index (κ1) is 23.4. The molecule has 0 aromatic heterocycles. The highest BCUT2D eigenvalue weighted by Crippen LogP contribution is 2.28. The average molecular weight is 461 g/mol. The molecule has 0 spiro atoms. The number of halogens is 2. The van der Waals surface area contributed by atoms with Crippen molar-refractivity contribution in [2.75, 3.05) is 14.2 Å². The monoisotopic (exact) mass is 461 g/mol. The zero-order valence-corrected chi connectivity index (χ0v) is 18.2. The molecule has 0 radical (unpaired) electrons. The first-order valence-corrected chi connectivity index (χ1v) is 11.0. The minimum Gasteiger partial charge on any atom is -0.495 e. The molecule has 0 bridgehead atoms. The van der Waals surface area contributed by atoms with Crippen LogP contribution in [0, 0.1) is 11.6 Å². The zero-order valence-electron chi connectivity index (χ0n) is 17.4. The summed E-state index contributed by atoms with van der Waals surface area (Å²) in [5.74, 6) is -3.00. The number of hydrogen-bond donors (Lipinski definition) is 0. The van der Waals surface area contributed by atoms with Crippen molar-refractivity contribution in [1.29, 1.82) is 0 Å². The Morgan fingerprint density at radius 3 is 2.41 bits per heavy atom. The van der Waals surface area contributed by atoms with Gasteiger partial charge in [-0.15, -0.1) is 0 Å².